The molecule has 0 spiro atoms. The van der Waals surface area contributed by atoms with E-state index < -0.39 is 0 Å². The second-order valence-electron chi connectivity index (χ2n) is 5.12. The molecule has 2 aliphatic rings. The van der Waals surface area contributed by atoms with E-state index >= 15 is 0 Å². The van der Waals surface area contributed by atoms with Crippen molar-refractivity contribution in [1.82, 2.24) is 4.90 Å². The number of hydrogen-bond donors (Lipinski definition) is 1. The zero-order valence-electron chi connectivity index (χ0n) is 9.60. The molecule has 1 saturated heterocycles. The lowest BCUT2D eigenvalue weighted by Crippen LogP contribution is -2.45. The molecule has 1 aromatic rings. The van der Waals surface area contributed by atoms with E-state index in [0.29, 0.717) is 6.04 Å². The number of aliphatic hydroxyl groups is 1. The molecule has 86 valence electrons. The second kappa shape index (κ2) is 4.19. The van der Waals surface area contributed by atoms with Gasteiger partial charge in [-0.3, -0.25) is 4.90 Å². The van der Waals surface area contributed by atoms with Gasteiger partial charge in [0, 0.05) is 12.6 Å². The van der Waals surface area contributed by atoms with Crippen molar-refractivity contribution >= 4 is 0 Å². The quantitative estimate of drug-likeness (QED) is 0.772. The maximum atomic E-state index is 9.72. The fourth-order valence-electron chi connectivity index (χ4n) is 3.11. The maximum Gasteiger partial charge on any atom is 0.0667 e. The van der Waals surface area contributed by atoms with Crippen LogP contribution in [0.2, 0.25) is 0 Å². The van der Waals surface area contributed by atoms with Gasteiger partial charge >= 0.3 is 0 Å². The van der Waals surface area contributed by atoms with Gasteiger partial charge in [0.25, 0.3) is 0 Å². The van der Waals surface area contributed by atoms with Gasteiger partial charge in [-0.1, -0.05) is 24.3 Å². The summed E-state index contributed by atoms with van der Waals surface area (Å²) in [6.07, 6.45) is 4.37. The topological polar surface area (TPSA) is 23.5 Å². The molecule has 2 heteroatoms. The molecule has 0 radical (unpaired) electrons. The smallest absolute Gasteiger partial charge is 0.0667 e. The van der Waals surface area contributed by atoms with Gasteiger partial charge in [-0.05, 0) is 43.4 Å². The van der Waals surface area contributed by atoms with Gasteiger partial charge in [0.1, 0.15) is 0 Å². The Kier molecular flexibility index (Phi) is 2.70. The Morgan fingerprint density at radius 2 is 1.81 bits per heavy atom. The first-order valence-electron chi connectivity index (χ1n) is 6.32. The van der Waals surface area contributed by atoms with Crippen molar-refractivity contribution in [2.45, 2.75) is 37.8 Å². The molecule has 0 unspecified atom stereocenters. The summed E-state index contributed by atoms with van der Waals surface area (Å²) in [6, 6.07) is 9.39. The number of likely N-dealkylation sites (tertiary alicyclic amines) is 1. The van der Waals surface area contributed by atoms with Crippen molar-refractivity contribution in [3.63, 3.8) is 0 Å². The molecule has 1 N–H and O–H groups in total. The first-order chi connectivity index (χ1) is 7.83. The molecule has 0 saturated carbocycles. The van der Waals surface area contributed by atoms with E-state index in [2.05, 4.69) is 29.2 Å². The van der Waals surface area contributed by atoms with Crippen LogP contribution in [0.4, 0.5) is 0 Å². The normalized spacial score (nSPS) is 26.9. The van der Waals surface area contributed by atoms with E-state index in [1.807, 2.05) is 0 Å². The summed E-state index contributed by atoms with van der Waals surface area (Å²) in [7, 11) is 0. The minimum absolute atomic E-state index is 0.0996. The largest absolute Gasteiger partial charge is 0.392 e. The molecule has 3 rings (SSSR count). The molecular weight excluding hydrogens is 198 g/mol. The van der Waals surface area contributed by atoms with Crippen LogP contribution in [0.3, 0.4) is 0 Å². The van der Waals surface area contributed by atoms with Crippen molar-refractivity contribution in [2.24, 2.45) is 0 Å². The van der Waals surface area contributed by atoms with Gasteiger partial charge in [0.15, 0.2) is 0 Å². The summed E-state index contributed by atoms with van der Waals surface area (Å²) in [6.45, 7) is 2.04. The number of benzene rings is 1. The Hall–Kier alpha value is -0.860. The Morgan fingerprint density at radius 1 is 1.12 bits per heavy atom. The minimum Gasteiger partial charge on any atom is -0.392 e. The van der Waals surface area contributed by atoms with Crippen LogP contribution in [0.15, 0.2) is 24.3 Å². The average Bonchev–Trinajstić information content (AvgIpc) is 2.72. The minimum atomic E-state index is -0.0996. The van der Waals surface area contributed by atoms with Crippen LogP contribution >= 0.6 is 0 Å². The van der Waals surface area contributed by atoms with Gasteiger partial charge in [-0.2, -0.15) is 0 Å². The molecule has 1 aromatic carbocycles. The number of nitrogens with zero attached hydrogens (tertiary/aromatic N) is 1. The SMILES string of the molecule is O[C@H]1CCCN(C2Cc3ccccc3C2)C1. The average molecular weight is 217 g/mol. The highest BCUT2D eigenvalue weighted by molar-refractivity contribution is 5.33. The van der Waals surface area contributed by atoms with Crippen molar-refractivity contribution in [2.75, 3.05) is 13.1 Å². The van der Waals surface area contributed by atoms with Crippen molar-refractivity contribution in [3.8, 4) is 0 Å². The predicted octanol–water partition coefficient (Wildman–Crippen LogP) is 1.61. The second-order valence-corrected chi connectivity index (χ2v) is 5.12. The predicted molar refractivity (Wildman–Crippen MR) is 64.5 cm³/mol. The van der Waals surface area contributed by atoms with Crippen molar-refractivity contribution in [3.05, 3.63) is 35.4 Å². The summed E-state index contributed by atoms with van der Waals surface area (Å²) < 4.78 is 0. The third-order valence-corrected chi connectivity index (χ3v) is 3.97. The van der Waals surface area contributed by atoms with Crippen LogP contribution in [-0.4, -0.2) is 35.2 Å². The summed E-state index contributed by atoms with van der Waals surface area (Å²) >= 11 is 0. The number of β-amino-alcohol motifs (C(OH)–C–C–N with tert-alkyl or cyclic N) is 1. The van der Waals surface area contributed by atoms with E-state index in [1.54, 1.807) is 0 Å². The molecular formula is C14H19NO. The van der Waals surface area contributed by atoms with Crippen LogP contribution in [0, 0.1) is 0 Å². The number of rotatable bonds is 1. The fraction of sp³-hybridized carbons (Fsp3) is 0.571. The zero-order chi connectivity index (χ0) is 11.0. The van der Waals surface area contributed by atoms with Crippen LogP contribution in [0.5, 0.6) is 0 Å². The monoisotopic (exact) mass is 217 g/mol. The molecule has 0 bridgehead atoms. The molecule has 1 fully saturated rings. The Balaban J connectivity index is 1.71. The third kappa shape index (κ3) is 1.87. The molecule has 2 nitrogen and oxygen atoms in total. The molecule has 1 aliphatic heterocycles. The van der Waals surface area contributed by atoms with E-state index in [4.69, 9.17) is 0 Å². The molecule has 1 heterocycles. The number of piperidine rings is 1. The van der Waals surface area contributed by atoms with Crippen LogP contribution in [0.1, 0.15) is 24.0 Å². The van der Waals surface area contributed by atoms with Crippen LogP contribution < -0.4 is 0 Å². The van der Waals surface area contributed by atoms with E-state index in [1.165, 1.54) is 24.0 Å². The molecule has 1 aliphatic carbocycles. The van der Waals surface area contributed by atoms with E-state index in [-0.39, 0.29) is 6.10 Å². The van der Waals surface area contributed by atoms with Gasteiger partial charge in [-0.25, -0.2) is 0 Å². The third-order valence-electron chi connectivity index (χ3n) is 3.97. The van der Waals surface area contributed by atoms with Gasteiger partial charge in [0.2, 0.25) is 0 Å². The highest BCUT2D eigenvalue weighted by atomic mass is 16.3. The summed E-state index contributed by atoms with van der Waals surface area (Å²) in [5.41, 5.74) is 3.01. The summed E-state index contributed by atoms with van der Waals surface area (Å²) in [4.78, 5) is 2.48. The number of fused-ring (bicyclic) bond motifs is 1. The molecule has 1 atom stereocenters. The van der Waals surface area contributed by atoms with Crippen LogP contribution in [0.25, 0.3) is 0 Å². The number of aliphatic hydroxyl groups excluding tert-OH is 1. The lowest BCUT2D eigenvalue weighted by Gasteiger charge is -2.34. The highest BCUT2D eigenvalue weighted by Gasteiger charge is 2.29. The maximum absolute atomic E-state index is 9.72. The molecule has 16 heavy (non-hydrogen) atoms. The lowest BCUT2D eigenvalue weighted by atomic mass is 10.0. The number of hydrogen-bond acceptors (Lipinski definition) is 2. The first kappa shape index (κ1) is 10.3. The zero-order valence-corrected chi connectivity index (χ0v) is 9.60. The standard InChI is InChI=1S/C14H19NO/c16-14-6-3-7-15(10-14)13-8-11-4-1-2-5-12(11)9-13/h1-2,4-5,13-14,16H,3,6-10H2/t14-/m0/s1. The first-order valence-corrected chi connectivity index (χ1v) is 6.32. The Bertz CT molecular complexity index is 352. The summed E-state index contributed by atoms with van der Waals surface area (Å²) in [5.74, 6) is 0. The van der Waals surface area contributed by atoms with Crippen molar-refractivity contribution < 1.29 is 5.11 Å². The lowest BCUT2D eigenvalue weighted by molar-refractivity contribution is 0.0487. The highest BCUT2D eigenvalue weighted by Crippen LogP contribution is 2.27. The Labute approximate surface area is 96.9 Å². The van der Waals surface area contributed by atoms with Gasteiger partial charge < -0.3 is 5.11 Å². The molecule has 0 amide bonds. The molecule has 0 aromatic heterocycles. The van der Waals surface area contributed by atoms with Crippen molar-refractivity contribution in [1.29, 1.82) is 0 Å². The fourth-order valence-corrected chi connectivity index (χ4v) is 3.11. The van der Waals surface area contributed by atoms with Gasteiger partial charge in [0.05, 0.1) is 6.10 Å². The summed E-state index contributed by atoms with van der Waals surface area (Å²) in [5, 5.41) is 9.72. The van der Waals surface area contributed by atoms with Gasteiger partial charge in [-0.15, -0.1) is 0 Å². The van der Waals surface area contributed by atoms with E-state index in [9.17, 15) is 5.11 Å². The van der Waals surface area contributed by atoms with E-state index in [0.717, 1.165) is 25.9 Å². The Morgan fingerprint density at radius 3 is 2.44 bits per heavy atom. The van der Waals surface area contributed by atoms with Crippen LogP contribution in [-0.2, 0) is 12.8 Å².